The normalized spacial score (nSPS) is 11.0. The summed E-state index contributed by atoms with van der Waals surface area (Å²) >= 11 is 0. The van der Waals surface area contributed by atoms with E-state index in [0.29, 0.717) is 0 Å². The Labute approximate surface area is 96.0 Å². The fourth-order valence-corrected chi connectivity index (χ4v) is 1.21. The van der Waals surface area contributed by atoms with Gasteiger partial charge in [0.05, 0.1) is 6.67 Å². The summed E-state index contributed by atoms with van der Waals surface area (Å²) in [6.45, 7) is 5.57. The molecule has 1 aromatic rings. The monoisotopic (exact) mass is 222 g/mol. The highest BCUT2D eigenvalue weighted by Crippen LogP contribution is 2.16. The summed E-state index contributed by atoms with van der Waals surface area (Å²) in [5.41, 5.74) is 5.77. The second kappa shape index (κ2) is 4.99. The van der Waals surface area contributed by atoms with Crippen molar-refractivity contribution in [3.63, 3.8) is 0 Å². The fourth-order valence-electron chi connectivity index (χ4n) is 1.21. The van der Waals surface area contributed by atoms with Crippen LogP contribution in [-0.2, 0) is 4.74 Å². The van der Waals surface area contributed by atoms with E-state index in [2.05, 4.69) is 0 Å². The predicted octanol–water partition coefficient (Wildman–Crippen LogP) is 2.34. The third-order valence-corrected chi connectivity index (χ3v) is 1.86. The minimum absolute atomic E-state index is 0.0962. The first kappa shape index (κ1) is 12.5. The summed E-state index contributed by atoms with van der Waals surface area (Å²) < 4.78 is 5.25. The lowest BCUT2D eigenvalue weighted by atomic mass is 10.2. The molecule has 88 valence electrons. The number of ether oxygens (including phenoxy) is 1. The number of rotatable bonds is 2. The Morgan fingerprint density at radius 1 is 1.31 bits per heavy atom. The van der Waals surface area contributed by atoms with Crippen LogP contribution in [0.3, 0.4) is 0 Å². The minimum Gasteiger partial charge on any atom is -0.443 e. The number of para-hydroxylation sites is 1. The largest absolute Gasteiger partial charge is 0.443 e. The van der Waals surface area contributed by atoms with E-state index in [1.54, 1.807) is 0 Å². The summed E-state index contributed by atoms with van der Waals surface area (Å²) in [4.78, 5) is 13.2. The van der Waals surface area contributed by atoms with Gasteiger partial charge in [0, 0.05) is 5.69 Å². The van der Waals surface area contributed by atoms with Gasteiger partial charge in [-0.25, -0.2) is 4.79 Å². The number of amides is 1. The molecule has 16 heavy (non-hydrogen) atoms. The first-order valence-corrected chi connectivity index (χ1v) is 5.19. The molecule has 0 aliphatic heterocycles. The van der Waals surface area contributed by atoms with Gasteiger partial charge in [0.1, 0.15) is 5.60 Å². The molecule has 0 radical (unpaired) electrons. The highest BCUT2D eigenvalue weighted by molar-refractivity contribution is 5.87. The molecule has 0 saturated carbocycles. The quantitative estimate of drug-likeness (QED) is 0.781. The number of hydrogen-bond acceptors (Lipinski definition) is 3. The zero-order valence-electron chi connectivity index (χ0n) is 9.93. The number of carbonyl (C=O) groups excluding carboxylic acids is 1. The smallest absolute Gasteiger partial charge is 0.415 e. The zero-order valence-corrected chi connectivity index (χ0v) is 9.93. The minimum atomic E-state index is -0.515. The summed E-state index contributed by atoms with van der Waals surface area (Å²) in [5.74, 6) is 0. The first-order valence-electron chi connectivity index (χ1n) is 5.19. The van der Waals surface area contributed by atoms with Crippen LogP contribution >= 0.6 is 0 Å². The second-order valence-electron chi connectivity index (χ2n) is 4.43. The maximum atomic E-state index is 11.8. The topological polar surface area (TPSA) is 55.6 Å². The molecule has 0 aromatic heterocycles. The van der Waals surface area contributed by atoms with Crippen molar-refractivity contribution < 1.29 is 9.53 Å². The molecule has 1 aromatic carbocycles. The molecule has 2 N–H and O–H groups in total. The Balaban J connectivity index is 2.80. The molecule has 0 heterocycles. The molecule has 1 rings (SSSR count). The molecule has 4 nitrogen and oxygen atoms in total. The molecule has 0 fully saturated rings. The Hall–Kier alpha value is -1.55. The van der Waals surface area contributed by atoms with Gasteiger partial charge in [-0.3, -0.25) is 4.90 Å². The van der Waals surface area contributed by atoms with Gasteiger partial charge in [-0.05, 0) is 32.9 Å². The lowest BCUT2D eigenvalue weighted by Crippen LogP contribution is -2.40. The van der Waals surface area contributed by atoms with E-state index in [1.807, 2.05) is 51.1 Å². The second-order valence-corrected chi connectivity index (χ2v) is 4.43. The van der Waals surface area contributed by atoms with Crippen molar-refractivity contribution >= 4 is 11.8 Å². The van der Waals surface area contributed by atoms with E-state index in [-0.39, 0.29) is 6.67 Å². The number of nitrogens with zero attached hydrogens (tertiary/aromatic N) is 1. The van der Waals surface area contributed by atoms with E-state index in [4.69, 9.17) is 10.5 Å². The standard InChI is InChI=1S/C12H18N2O2/c1-12(2,3)16-11(15)14(9-13)10-7-5-4-6-8-10/h4-8H,9,13H2,1-3H3. The van der Waals surface area contributed by atoms with E-state index >= 15 is 0 Å². The third kappa shape index (κ3) is 3.55. The van der Waals surface area contributed by atoms with E-state index in [9.17, 15) is 4.79 Å². The molecular weight excluding hydrogens is 204 g/mol. The van der Waals surface area contributed by atoms with Crippen LogP contribution in [0.25, 0.3) is 0 Å². The maximum absolute atomic E-state index is 11.8. The highest BCUT2D eigenvalue weighted by Gasteiger charge is 2.22. The Bertz CT molecular complexity index is 344. The van der Waals surface area contributed by atoms with Crippen molar-refractivity contribution in [3.05, 3.63) is 30.3 Å². The lowest BCUT2D eigenvalue weighted by Gasteiger charge is -2.26. The fraction of sp³-hybridized carbons (Fsp3) is 0.417. The third-order valence-electron chi connectivity index (χ3n) is 1.86. The molecule has 1 amide bonds. The molecule has 0 bridgehead atoms. The van der Waals surface area contributed by atoms with Crippen molar-refractivity contribution in [3.8, 4) is 0 Å². The number of anilines is 1. The summed E-state index contributed by atoms with van der Waals surface area (Å²) in [7, 11) is 0. The van der Waals surface area contributed by atoms with Crippen molar-refractivity contribution in [2.75, 3.05) is 11.6 Å². The molecule has 0 aliphatic rings. The SMILES string of the molecule is CC(C)(C)OC(=O)N(CN)c1ccccc1. The van der Waals surface area contributed by atoms with Gasteiger partial charge < -0.3 is 10.5 Å². The molecule has 0 atom stereocenters. The van der Waals surface area contributed by atoms with Crippen LogP contribution in [0.4, 0.5) is 10.5 Å². The van der Waals surface area contributed by atoms with Crippen molar-refractivity contribution in [1.29, 1.82) is 0 Å². The zero-order chi connectivity index (χ0) is 12.2. The number of carbonyl (C=O) groups is 1. The molecular formula is C12H18N2O2. The summed E-state index contributed by atoms with van der Waals surface area (Å²) in [6.07, 6.45) is -0.429. The van der Waals surface area contributed by atoms with Crippen LogP contribution in [0.1, 0.15) is 20.8 Å². The van der Waals surface area contributed by atoms with Crippen LogP contribution in [0.2, 0.25) is 0 Å². The predicted molar refractivity (Wildman–Crippen MR) is 64.2 cm³/mol. The molecule has 0 spiro atoms. The first-order chi connectivity index (χ1) is 7.44. The van der Waals surface area contributed by atoms with Crippen LogP contribution in [0, 0.1) is 0 Å². The van der Waals surface area contributed by atoms with Crippen molar-refractivity contribution in [1.82, 2.24) is 0 Å². The van der Waals surface area contributed by atoms with Gasteiger partial charge in [0.25, 0.3) is 0 Å². The Kier molecular flexibility index (Phi) is 3.90. The number of nitrogens with two attached hydrogens (primary N) is 1. The van der Waals surface area contributed by atoms with Gasteiger partial charge in [0.2, 0.25) is 0 Å². The van der Waals surface area contributed by atoms with Gasteiger partial charge >= 0.3 is 6.09 Å². The van der Waals surface area contributed by atoms with Crippen LogP contribution in [0.15, 0.2) is 30.3 Å². The number of benzene rings is 1. The van der Waals surface area contributed by atoms with Gasteiger partial charge in [-0.2, -0.15) is 0 Å². The Morgan fingerprint density at radius 3 is 2.31 bits per heavy atom. The molecule has 0 unspecified atom stereocenters. The van der Waals surface area contributed by atoms with Crippen LogP contribution in [-0.4, -0.2) is 18.4 Å². The molecule has 4 heteroatoms. The van der Waals surface area contributed by atoms with Gasteiger partial charge in [-0.15, -0.1) is 0 Å². The average Bonchev–Trinajstić information content (AvgIpc) is 2.17. The van der Waals surface area contributed by atoms with E-state index < -0.39 is 11.7 Å². The Morgan fingerprint density at radius 2 is 1.88 bits per heavy atom. The molecule has 0 aliphatic carbocycles. The van der Waals surface area contributed by atoms with Crippen molar-refractivity contribution in [2.45, 2.75) is 26.4 Å². The lowest BCUT2D eigenvalue weighted by molar-refractivity contribution is 0.0581. The summed E-state index contributed by atoms with van der Waals surface area (Å²) in [5, 5.41) is 0. The highest BCUT2D eigenvalue weighted by atomic mass is 16.6. The van der Waals surface area contributed by atoms with Crippen molar-refractivity contribution in [2.24, 2.45) is 5.73 Å². The average molecular weight is 222 g/mol. The molecule has 0 saturated heterocycles. The van der Waals surface area contributed by atoms with Gasteiger partial charge in [-0.1, -0.05) is 18.2 Å². The van der Waals surface area contributed by atoms with E-state index in [0.717, 1.165) is 5.69 Å². The van der Waals surface area contributed by atoms with Crippen LogP contribution in [0.5, 0.6) is 0 Å². The number of hydrogen-bond donors (Lipinski definition) is 1. The van der Waals surface area contributed by atoms with Crippen LogP contribution < -0.4 is 10.6 Å². The van der Waals surface area contributed by atoms with E-state index in [1.165, 1.54) is 4.90 Å². The maximum Gasteiger partial charge on any atom is 0.415 e. The summed E-state index contributed by atoms with van der Waals surface area (Å²) in [6, 6.07) is 9.21. The van der Waals surface area contributed by atoms with Gasteiger partial charge in [0.15, 0.2) is 0 Å².